The maximum Gasteiger partial charge on any atom is 0.0889 e. The number of hydrogen-bond acceptors (Lipinski definition) is 3. The van der Waals surface area contributed by atoms with Crippen molar-refractivity contribution in [3.8, 4) is 11.4 Å². The van der Waals surface area contributed by atoms with Crippen LogP contribution in [0.1, 0.15) is 69.4 Å². The van der Waals surface area contributed by atoms with E-state index in [1.165, 1.54) is 68.2 Å². The van der Waals surface area contributed by atoms with E-state index in [1.54, 1.807) is 0 Å². The second kappa shape index (κ2) is 12.1. The first kappa shape index (κ1) is 20.0. The molecular weight excluding hydrogens is 324 g/mol. The van der Waals surface area contributed by atoms with Crippen molar-refractivity contribution >= 4 is 11.8 Å². The van der Waals surface area contributed by atoms with E-state index in [2.05, 4.69) is 42.0 Å². The van der Waals surface area contributed by atoms with E-state index in [-0.39, 0.29) is 0 Å². The van der Waals surface area contributed by atoms with Crippen molar-refractivity contribution in [2.45, 2.75) is 71.0 Å². The first-order chi connectivity index (χ1) is 12.3. The minimum atomic E-state index is 0.968. The Hall–Kier alpha value is -1.35. The molecule has 0 fully saturated rings. The Morgan fingerprint density at radius 2 is 1.44 bits per heavy atom. The molecule has 0 saturated carbocycles. The smallest absolute Gasteiger partial charge is 0.0889 e. The third-order valence-corrected chi connectivity index (χ3v) is 5.53. The molecule has 2 heterocycles. The first-order valence-corrected chi connectivity index (χ1v) is 10.9. The van der Waals surface area contributed by atoms with Gasteiger partial charge in [0.15, 0.2) is 0 Å². The van der Waals surface area contributed by atoms with E-state index in [9.17, 15) is 0 Å². The molecular formula is C22H32N2S. The van der Waals surface area contributed by atoms with Gasteiger partial charge in [-0.3, -0.25) is 9.97 Å². The molecule has 0 N–H and O–H groups in total. The fraction of sp³-hybridized carbons (Fsp3) is 0.545. The summed E-state index contributed by atoms with van der Waals surface area (Å²) in [7, 11) is 0. The zero-order chi connectivity index (χ0) is 17.7. The van der Waals surface area contributed by atoms with Gasteiger partial charge in [-0.05, 0) is 54.5 Å². The van der Waals surface area contributed by atoms with Crippen molar-refractivity contribution in [1.29, 1.82) is 0 Å². The molecule has 2 rings (SSSR count). The SMILES string of the molecule is CCCCCCCCCCSCc1ccnc(-c2cc(C)ccn2)c1. The minimum absolute atomic E-state index is 0.968. The van der Waals surface area contributed by atoms with Crippen LogP contribution in [0.2, 0.25) is 0 Å². The van der Waals surface area contributed by atoms with Gasteiger partial charge >= 0.3 is 0 Å². The number of unbranched alkanes of at least 4 members (excludes halogenated alkanes) is 7. The maximum absolute atomic E-state index is 4.48. The highest BCUT2D eigenvalue weighted by molar-refractivity contribution is 7.98. The summed E-state index contributed by atoms with van der Waals surface area (Å²) in [4.78, 5) is 8.92. The number of thioether (sulfide) groups is 1. The minimum Gasteiger partial charge on any atom is -0.255 e. The van der Waals surface area contributed by atoms with Crippen LogP contribution in [0.5, 0.6) is 0 Å². The Labute approximate surface area is 157 Å². The topological polar surface area (TPSA) is 25.8 Å². The average molecular weight is 357 g/mol. The van der Waals surface area contributed by atoms with Gasteiger partial charge in [0.1, 0.15) is 0 Å². The van der Waals surface area contributed by atoms with Gasteiger partial charge in [0, 0.05) is 18.1 Å². The molecule has 25 heavy (non-hydrogen) atoms. The Kier molecular flexibility index (Phi) is 9.65. The second-order valence-corrected chi connectivity index (χ2v) is 7.90. The van der Waals surface area contributed by atoms with Crippen LogP contribution in [-0.4, -0.2) is 15.7 Å². The molecule has 0 bridgehead atoms. The normalized spacial score (nSPS) is 11.0. The zero-order valence-corrected chi connectivity index (χ0v) is 16.7. The Bertz CT molecular complexity index is 612. The monoisotopic (exact) mass is 356 g/mol. The average Bonchev–Trinajstić information content (AvgIpc) is 2.63. The molecule has 0 radical (unpaired) electrons. The number of nitrogens with zero attached hydrogens (tertiary/aromatic N) is 2. The summed E-state index contributed by atoms with van der Waals surface area (Å²) < 4.78 is 0. The standard InChI is InChI=1S/C22H32N2S/c1-3-4-5-6-7-8-9-10-15-25-18-20-12-14-24-22(17-20)21-16-19(2)11-13-23-21/h11-14,16-17H,3-10,15,18H2,1-2H3. The van der Waals surface area contributed by atoms with E-state index in [0.29, 0.717) is 0 Å². The van der Waals surface area contributed by atoms with Gasteiger partial charge in [-0.2, -0.15) is 11.8 Å². The molecule has 0 atom stereocenters. The van der Waals surface area contributed by atoms with E-state index in [1.807, 2.05) is 30.2 Å². The lowest BCUT2D eigenvalue weighted by atomic mass is 10.1. The Morgan fingerprint density at radius 3 is 2.16 bits per heavy atom. The highest BCUT2D eigenvalue weighted by atomic mass is 32.2. The predicted octanol–water partition coefficient (Wildman–Crippen LogP) is 6.83. The second-order valence-electron chi connectivity index (χ2n) is 6.80. The molecule has 0 spiro atoms. The van der Waals surface area contributed by atoms with E-state index < -0.39 is 0 Å². The summed E-state index contributed by atoms with van der Waals surface area (Å²) >= 11 is 2.04. The number of pyridine rings is 2. The van der Waals surface area contributed by atoms with E-state index in [0.717, 1.165) is 17.1 Å². The molecule has 0 saturated heterocycles. The predicted molar refractivity (Wildman–Crippen MR) is 111 cm³/mol. The lowest BCUT2D eigenvalue weighted by Gasteiger charge is -2.05. The van der Waals surface area contributed by atoms with Crippen LogP contribution in [0.25, 0.3) is 11.4 Å². The molecule has 0 aromatic carbocycles. The first-order valence-electron chi connectivity index (χ1n) is 9.75. The van der Waals surface area contributed by atoms with Crippen LogP contribution in [0.15, 0.2) is 36.7 Å². The summed E-state index contributed by atoms with van der Waals surface area (Å²) in [5.41, 5.74) is 4.52. The molecule has 0 unspecified atom stereocenters. The van der Waals surface area contributed by atoms with Gasteiger partial charge in [0.2, 0.25) is 0 Å². The van der Waals surface area contributed by atoms with Crippen molar-refractivity contribution in [3.05, 3.63) is 47.8 Å². The van der Waals surface area contributed by atoms with Gasteiger partial charge < -0.3 is 0 Å². The van der Waals surface area contributed by atoms with Gasteiger partial charge in [0.25, 0.3) is 0 Å². The summed E-state index contributed by atoms with van der Waals surface area (Å²) in [5, 5.41) is 0. The lowest BCUT2D eigenvalue weighted by molar-refractivity contribution is 0.586. The number of aromatic nitrogens is 2. The van der Waals surface area contributed by atoms with Crippen LogP contribution in [0.4, 0.5) is 0 Å². The van der Waals surface area contributed by atoms with Crippen LogP contribution in [0, 0.1) is 6.92 Å². The third kappa shape index (κ3) is 8.04. The van der Waals surface area contributed by atoms with Crippen molar-refractivity contribution in [3.63, 3.8) is 0 Å². The van der Waals surface area contributed by atoms with E-state index >= 15 is 0 Å². The molecule has 0 aliphatic rings. The Morgan fingerprint density at radius 1 is 0.800 bits per heavy atom. The Balaban J connectivity index is 1.64. The van der Waals surface area contributed by atoms with Crippen LogP contribution in [-0.2, 0) is 5.75 Å². The highest BCUT2D eigenvalue weighted by Crippen LogP contribution is 2.20. The van der Waals surface area contributed by atoms with Crippen molar-refractivity contribution in [1.82, 2.24) is 9.97 Å². The molecule has 0 aliphatic carbocycles. The summed E-state index contributed by atoms with van der Waals surface area (Å²) in [6, 6.07) is 8.43. The van der Waals surface area contributed by atoms with Crippen molar-refractivity contribution in [2.75, 3.05) is 5.75 Å². The number of rotatable bonds is 12. The van der Waals surface area contributed by atoms with Crippen LogP contribution in [0.3, 0.4) is 0 Å². The maximum atomic E-state index is 4.48. The molecule has 136 valence electrons. The molecule has 0 amide bonds. The third-order valence-electron chi connectivity index (χ3n) is 4.41. The molecule has 2 nitrogen and oxygen atoms in total. The van der Waals surface area contributed by atoms with Crippen molar-refractivity contribution in [2.24, 2.45) is 0 Å². The molecule has 0 aliphatic heterocycles. The van der Waals surface area contributed by atoms with Gasteiger partial charge in [0.05, 0.1) is 11.4 Å². The fourth-order valence-electron chi connectivity index (χ4n) is 2.91. The molecule has 2 aromatic heterocycles. The largest absolute Gasteiger partial charge is 0.255 e. The number of hydrogen-bond donors (Lipinski definition) is 0. The van der Waals surface area contributed by atoms with Gasteiger partial charge in [-0.25, -0.2) is 0 Å². The summed E-state index contributed by atoms with van der Waals surface area (Å²) in [6.07, 6.45) is 14.9. The van der Waals surface area contributed by atoms with Crippen molar-refractivity contribution < 1.29 is 0 Å². The summed E-state index contributed by atoms with van der Waals surface area (Å²) in [5.74, 6) is 2.33. The summed E-state index contributed by atoms with van der Waals surface area (Å²) in [6.45, 7) is 4.37. The zero-order valence-electron chi connectivity index (χ0n) is 15.8. The van der Waals surface area contributed by atoms with Gasteiger partial charge in [-0.1, -0.05) is 51.9 Å². The fourth-order valence-corrected chi connectivity index (χ4v) is 3.88. The quantitative estimate of drug-likeness (QED) is 0.390. The van der Waals surface area contributed by atoms with E-state index in [4.69, 9.17) is 0 Å². The number of aryl methyl sites for hydroxylation is 1. The molecule has 2 aromatic rings. The highest BCUT2D eigenvalue weighted by Gasteiger charge is 2.03. The van der Waals surface area contributed by atoms with Gasteiger partial charge in [-0.15, -0.1) is 0 Å². The van der Waals surface area contributed by atoms with Crippen LogP contribution < -0.4 is 0 Å². The van der Waals surface area contributed by atoms with Crippen LogP contribution >= 0.6 is 11.8 Å². The molecule has 3 heteroatoms. The lowest BCUT2D eigenvalue weighted by Crippen LogP contribution is -1.91.